The van der Waals surface area contributed by atoms with Crippen molar-refractivity contribution in [2.75, 3.05) is 13.2 Å². The molecule has 0 N–H and O–H groups in total. The molecule has 4 heteroatoms. The molecule has 0 aliphatic rings. The number of allylic oxidation sites excluding steroid dienone is 1. The second-order valence-electron chi connectivity index (χ2n) is 4.46. The van der Waals surface area contributed by atoms with Crippen molar-refractivity contribution in [3.05, 3.63) is 48.6 Å². The van der Waals surface area contributed by atoms with Crippen molar-refractivity contribution in [3.8, 4) is 11.8 Å². The second-order valence-corrected chi connectivity index (χ2v) is 4.46. The van der Waals surface area contributed by atoms with Gasteiger partial charge in [-0.05, 0) is 26.0 Å². The Hall–Kier alpha value is -2.54. The van der Waals surface area contributed by atoms with E-state index in [1.54, 1.807) is 26.0 Å². The van der Waals surface area contributed by atoms with Crippen molar-refractivity contribution in [2.24, 2.45) is 5.41 Å². The van der Waals surface area contributed by atoms with E-state index in [1.807, 2.05) is 18.2 Å². The van der Waals surface area contributed by atoms with Crippen LogP contribution in [0, 0.1) is 17.3 Å². The highest BCUT2D eigenvalue weighted by atomic mass is 16.6. The normalized spacial score (nSPS) is 10.1. The number of hydrogen-bond donors (Lipinski definition) is 0. The number of ether oxygens (including phenoxy) is 2. The van der Waals surface area contributed by atoms with Gasteiger partial charge in [-0.25, -0.2) is 9.59 Å². The molecule has 0 unspecified atom stereocenters. The van der Waals surface area contributed by atoms with Crippen LogP contribution in [-0.4, -0.2) is 25.2 Å². The molecule has 116 valence electrons. The Morgan fingerprint density at radius 1 is 1.14 bits per heavy atom. The van der Waals surface area contributed by atoms with E-state index in [0.29, 0.717) is 5.56 Å². The molecule has 0 aromatic heterocycles. The predicted octanol–water partition coefficient (Wildman–Crippen LogP) is 2.73. The molecule has 0 amide bonds. The highest BCUT2D eigenvalue weighted by molar-refractivity contribution is 6.04. The summed E-state index contributed by atoms with van der Waals surface area (Å²) in [4.78, 5) is 24.6. The van der Waals surface area contributed by atoms with Gasteiger partial charge >= 0.3 is 11.9 Å². The van der Waals surface area contributed by atoms with Gasteiger partial charge in [0.25, 0.3) is 0 Å². The number of benzene rings is 1. The standard InChI is InChI=1S/C18H20O4/c1-4-13-18(16(19)21-5-2,17(20)22-6-3)14-12-15-10-8-7-9-11-15/h4,7-11H,1,5-6,13H2,2-3H3. The topological polar surface area (TPSA) is 52.6 Å². The largest absolute Gasteiger partial charge is 0.464 e. The first-order valence-electron chi connectivity index (χ1n) is 7.14. The first-order valence-corrected chi connectivity index (χ1v) is 7.14. The van der Waals surface area contributed by atoms with E-state index in [4.69, 9.17) is 9.47 Å². The van der Waals surface area contributed by atoms with Crippen LogP contribution in [0.3, 0.4) is 0 Å². The molecule has 0 aliphatic carbocycles. The Balaban J connectivity index is 3.29. The van der Waals surface area contributed by atoms with Gasteiger partial charge < -0.3 is 9.47 Å². The van der Waals surface area contributed by atoms with Crippen molar-refractivity contribution in [2.45, 2.75) is 20.3 Å². The summed E-state index contributed by atoms with van der Waals surface area (Å²) in [5.74, 6) is 4.18. The summed E-state index contributed by atoms with van der Waals surface area (Å²) in [7, 11) is 0. The molecule has 0 heterocycles. The lowest BCUT2D eigenvalue weighted by Crippen LogP contribution is -2.40. The highest BCUT2D eigenvalue weighted by Crippen LogP contribution is 2.26. The fourth-order valence-electron chi connectivity index (χ4n) is 1.83. The van der Waals surface area contributed by atoms with Crippen LogP contribution in [0.5, 0.6) is 0 Å². The first kappa shape index (κ1) is 17.5. The third kappa shape index (κ3) is 4.23. The fourth-order valence-corrected chi connectivity index (χ4v) is 1.83. The summed E-state index contributed by atoms with van der Waals surface area (Å²) >= 11 is 0. The number of hydrogen-bond acceptors (Lipinski definition) is 4. The van der Waals surface area contributed by atoms with Gasteiger partial charge in [0, 0.05) is 12.0 Å². The summed E-state index contributed by atoms with van der Waals surface area (Å²) < 4.78 is 10.1. The van der Waals surface area contributed by atoms with Crippen LogP contribution in [0.4, 0.5) is 0 Å². The van der Waals surface area contributed by atoms with Crippen LogP contribution in [0.15, 0.2) is 43.0 Å². The van der Waals surface area contributed by atoms with Gasteiger partial charge in [0.1, 0.15) is 0 Å². The number of rotatable bonds is 6. The van der Waals surface area contributed by atoms with E-state index >= 15 is 0 Å². The smallest absolute Gasteiger partial charge is 0.336 e. The Bertz CT molecular complexity index is 560. The van der Waals surface area contributed by atoms with Crippen molar-refractivity contribution in [1.82, 2.24) is 0 Å². The third-order valence-corrected chi connectivity index (χ3v) is 2.89. The molecule has 1 aromatic rings. The summed E-state index contributed by atoms with van der Waals surface area (Å²) in [6.45, 7) is 7.26. The third-order valence-electron chi connectivity index (χ3n) is 2.89. The molecule has 4 nitrogen and oxygen atoms in total. The Labute approximate surface area is 131 Å². The van der Waals surface area contributed by atoms with Crippen molar-refractivity contribution >= 4 is 11.9 Å². The average molecular weight is 300 g/mol. The van der Waals surface area contributed by atoms with E-state index in [-0.39, 0.29) is 19.6 Å². The minimum atomic E-state index is -1.68. The summed E-state index contributed by atoms with van der Waals surface area (Å²) in [6, 6.07) is 9.10. The fraction of sp³-hybridized carbons (Fsp3) is 0.333. The van der Waals surface area contributed by atoms with Crippen LogP contribution in [0.2, 0.25) is 0 Å². The maximum Gasteiger partial charge on any atom is 0.336 e. The molecule has 1 aromatic carbocycles. The first-order chi connectivity index (χ1) is 10.6. The SMILES string of the molecule is C=CCC(C#Cc1ccccc1)(C(=O)OCC)C(=O)OCC. The molecular formula is C18H20O4. The quantitative estimate of drug-likeness (QED) is 0.351. The Morgan fingerprint density at radius 2 is 1.68 bits per heavy atom. The van der Waals surface area contributed by atoms with Crippen LogP contribution in [0.25, 0.3) is 0 Å². The van der Waals surface area contributed by atoms with Gasteiger partial charge in [-0.3, -0.25) is 0 Å². The summed E-state index contributed by atoms with van der Waals surface area (Å²) in [5.41, 5.74) is -0.978. The van der Waals surface area contributed by atoms with Crippen LogP contribution < -0.4 is 0 Å². The van der Waals surface area contributed by atoms with Crippen LogP contribution >= 0.6 is 0 Å². The molecule has 0 atom stereocenters. The number of carbonyl (C=O) groups is 2. The molecule has 0 saturated heterocycles. The summed E-state index contributed by atoms with van der Waals surface area (Å²) in [5, 5.41) is 0. The maximum atomic E-state index is 12.3. The molecule has 0 radical (unpaired) electrons. The summed E-state index contributed by atoms with van der Waals surface area (Å²) in [6.07, 6.45) is 1.50. The maximum absolute atomic E-state index is 12.3. The van der Waals surface area contributed by atoms with Gasteiger partial charge in [-0.1, -0.05) is 36.1 Å². The molecule has 1 rings (SSSR count). The Morgan fingerprint density at radius 3 is 2.14 bits per heavy atom. The van der Waals surface area contributed by atoms with Crippen molar-refractivity contribution in [1.29, 1.82) is 0 Å². The predicted molar refractivity (Wildman–Crippen MR) is 83.8 cm³/mol. The van der Waals surface area contributed by atoms with Gasteiger partial charge in [0.05, 0.1) is 13.2 Å². The zero-order chi connectivity index (χ0) is 16.4. The minimum Gasteiger partial charge on any atom is -0.464 e. The number of carbonyl (C=O) groups excluding carboxylic acids is 2. The molecular weight excluding hydrogens is 280 g/mol. The van der Waals surface area contributed by atoms with Crippen LogP contribution in [-0.2, 0) is 19.1 Å². The lowest BCUT2D eigenvalue weighted by atomic mass is 9.84. The molecule has 0 aliphatic heterocycles. The zero-order valence-corrected chi connectivity index (χ0v) is 12.9. The molecule has 0 spiro atoms. The lowest BCUT2D eigenvalue weighted by Gasteiger charge is -2.22. The molecule has 0 fully saturated rings. The Kier molecular flexibility index (Phi) is 6.91. The molecule has 0 saturated carbocycles. The monoisotopic (exact) mass is 300 g/mol. The van der Waals surface area contributed by atoms with E-state index < -0.39 is 17.4 Å². The highest BCUT2D eigenvalue weighted by Gasteiger charge is 2.46. The molecule has 22 heavy (non-hydrogen) atoms. The van der Waals surface area contributed by atoms with Crippen molar-refractivity contribution < 1.29 is 19.1 Å². The second kappa shape index (κ2) is 8.68. The van der Waals surface area contributed by atoms with Gasteiger partial charge in [-0.15, -0.1) is 6.58 Å². The average Bonchev–Trinajstić information content (AvgIpc) is 2.53. The number of esters is 2. The van der Waals surface area contributed by atoms with Crippen molar-refractivity contribution in [3.63, 3.8) is 0 Å². The van der Waals surface area contributed by atoms with Gasteiger partial charge in [-0.2, -0.15) is 0 Å². The molecule has 0 bridgehead atoms. The zero-order valence-electron chi connectivity index (χ0n) is 12.9. The van der Waals surface area contributed by atoms with E-state index in [1.165, 1.54) is 6.08 Å². The van der Waals surface area contributed by atoms with E-state index in [2.05, 4.69) is 18.4 Å². The van der Waals surface area contributed by atoms with Gasteiger partial charge in [0.15, 0.2) is 0 Å². The minimum absolute atomic E-state index is 0.0322. The van der Waals surface area contributed by atoms with Crippen LogP contribution in [0.1, 0.15) is 25.8 Å². The lowest BCUT2D eigenvalue weighted by molar-refractivity contribution is -0.167. The van der Waals surface area contributed by atoms with E-state index in [0.717, 1.165) is 0 Å². The van der Waals surface area contributed by atoms with Gasteiger partial charge in [0.2, 0.25) is 5.41 Å². The van der Waals surface area contributed by atoms with E-state index in [9.17, 15) is 9.59 Å².